The molecule has 0 bridgehead atoms. The van der Waals surface area contributed by atoms with Crippen molar-refractivity contribution in [3.05, 3.63) is 53.6 Å². The number of anilines is 1. The van der Waals surface area contributed by atoms with Crippen LogP contribution in [-0.2, 0) is 12.6 Å². The minimum atomic E-state index is -4.36. The number of hydrogen-bond donors (Lipinski definition) is 3. The Morgan fingerprint density at radius 1 is 1.04 bits per heavy atom. The van der Waals surface area contributed by atoms with Crippen molar-refractivity contribution in [3.63, 3.8) is 0 Å². The number of alkyl halides is 3. The van der Waals surface area contributed by atoms with E-state index in [1.54, 1.807) is 12.1 Å². The van der Waals surface area contributed by atoms with Crippen LogP contribution in [0.5, 0.6) is 0 Å². The van der Waals surface area contributed by atoms with Crippen molar-refractivity contribution in [3.8, 4) is 0 Å². The van der Waals surface area contributed by atoms with E-state index in [2.05, 4.69) is 0 Å². The molecule has 2 aromatic carbocycles. The molecule has 0 aromatic heterocycles. The quantitative estimate of drug-likeness (QED) is 0.492. The van der Waals surface area contributed by atoms with Gasteiger partial charge in [0.05, 0.1) is 12.2 Å². The molecule has 3 nitrogen and oxygen atoms in total. The number of aryl methyl sites for hydroxylation is 1. The molecule has 0 aliphatic heterocycles. The highest BCUT2D eigenvalue weighted by Gasteiger charge is 2.30. The van der Waals surface area contributed by atoms with Crippen LogP contribution in [-0.4, -0.2) is 17.3 Å². The van der Waals surface area contributed by atoms with E-state index in [1.807, 2.05) is 19.1 Å². The first-order valence-corrected chi connectivity index (χ1v) is 10.1. The summed E-state index contributed by atoms with van der Waals surface area (Å²) in [4.78, 5) is 1.30. The van der Waals surface area contributed by atoms with Gasteiger partial charge in [-0.15, -0.1) is 0 Å². The summed E-state index contributed by atoms with van der Waals surface area (Å²) >= 11 is 1.25. The molecule has 0 unspecified atom stereocenters. The molecule has 7 heteroatoms. The molecule has 0 saturated carbocycles. The second-order valence-electron chi connectivity index (χ2n) is 7.11. The number of rotatable bonds is 9. The van der Waals surface area contributed by atoms with Gasteiger partial charge in [-0.25, -0.2) is 0 Å². The van der Waals surface area contributed by atoms with Crippen molar-refractivity contribution in [2.45, 2.75) is 60.5 Å². The smallest absolute Gasteiger partial charge is 0.398 e. The fraction of sp³-hybridized carbons (Fsp3) is 0.429. The van der Waals surface area contributed by atoms with Crippen LogP contribution in [0.2, 0.25) is 0 Å². The van der Waals surface area contributed by atoms with Gasteiger partial charge in [-0.05, 0) is 61.6 Å². The Labute approximate surface area is 168 Å². The molecule has 0 aliphatic carbocycles. The first-order valence-electron chi connectivity index (χ1n) is 9.30. The van der Waals surface area contributed by atoms with Gasteiger partial charge in [0, 0.05) is 21.0 Å². The molecule has 2 aromatic rings. The van der Waals surface area contributed by atoms with Gasteiger partial charge in [-0.3, -0.25) is 0 Å². The normalized spacial score (nSPS) is 14.1. The van der Waals surface area contributed by atoms with Crippen molar-refractivity contribution < 1.29 is 18.3 Å². The number of benzene rings is 2. The maximum absolute atomic E-state index is 12.8. The Balaban J connectivity index is 2.01. The first-order chi connectivity index (χ1) is 13.2. The lowest BCUT2D eigenvalue weighted by atomic mass is 9.89. The van der Waals surface area contributed by atoms with Crippen LogP contribution in [0, 0.1) is 0 Å². The summed E-state index contributed by atoms with van der Waals surface area (Å²) in [7, 11) is 0. The summed E-state index contributed by atoms with van der Waals surface area (Å²) in [5.74, 6) is 0. The minimum absolute atomic E-state index is 0.0388. The summed E-state index contributed by atoms with van der Waals surface area (Å²) in [5, 5.41) is 9.49. The Hall–Kier alpha value is -1.70. The minimum Gasteiger partial charge on any atom is -0.398 e. The molecule has 0 radical (unpaired) electrons. The van der Waals surface area contributed by atoms with Crippen LogP contribution in [0.3, 0.4) is 0 Å². The van der Waals surface area contributed by atoms with Crippen molar-refractivity contribution in [2.24, 2.45) is 5.73 Å². The van der Waals surface area contributed by atoms with E-state index in [0.29, 0.717) is 17.0 Å². The molecular formula is C21H27F3N2OS. The summed E-state index contributed by atoms with van der Waals surface area (Å²) in [6.07, 6.45) is -0.419. The molecule has 5 N–H and O–H groups in total. The molecule has 0 heterocycles. The maximum atomic E-state index is 12.8. The Bertz CT molecular complexity index is 782. The lowest BCUT2D eigenvalue weighted by molar-refractivity contribution is -0.137. The van der Waals surface area contributed by atoms with Gasteiger partial charge in [-0.1, -0.05) is 37.2 Å². The van der Waals surface area contributed by atoms with Crippen LogP contribution < -0.4 is 11.5 Å². The van der Waals surface area contributed by atoms with Crippen LogP contribution in [0.1, 0.15) is 43.7 Å². The molecule has 0 aliphatic rings. The molecule has 28 heavy (non-hydrogen) atoms. The highest BCUT2D eigenvalue weighted by Crippen LogP contribution is 2.35. The van der Waals surface area contributed by atoms with E-state index in [0.717, 1.165) is 48.3 Å². The Morgan fingerprint density at radius 2 is 1.75 bits per heavy atom. The average Bonchev–Trinajstić information content (AvgIpc) is 2.63. The molecule has 0 fully saturated rings. The molecule has 1 atom stereocenters. The number of aliphatic hydroxyl groups excluding tert-OH is 1. The number of nitrogens with two attached hydrogens (primary N) is 2. The third kappa shape index (κ3) is 6.43. The van der Waals surface area contributed by atoms with Crippen molar-refractivity contribution in [2.75, 3.05) is 12.3 Å². The molecule has 154 valence electrons. The molecule has 0 saturated heterocycles. The fourth-order valence-electron chi connectivity index (χ4n) is 3.15. The van der Waals surface area contributed by atoms with Gasteiger partial charge in [-0.2, -0.15) is 13.2 Å². The van der Waals surface area contributed by atoms with Gasteiger partial charge >= 0.3 is 6.18 Å². The van der Waals surface area contributed by atoms with Crippen LogP contribution in [0.25, 0.3) is 0 Å². The summed E-state index contributed by atoms with van der Waals surface area (Å²) in [6.45, 7) is 2.00. The van der Waals surface area contributed by atoms with Crippen LogP contribution in [0.4, 0.5) is 18.9 Å². The van der Waals surface area contributed by atoms with E-state index in [1.165, 1.54) is 17.8 Å². The lowest BCUT2D eigenvalue weighted by Gasteiger charge is -2.26. The maximum Gasteiger partial charge on any atom is 0.416 e. The second kappa shape index (κ2) is 9.67. The van der Waals surface area contributed by atoms with E-state index < -0.39 is 17.3 Å². The Kier molecular flexibility index (Phi) is 7.80. The number of aliphatic hydroxyl groups is 1. The first kappa shape index (κ1) is 22.6. The molecule has 0 amide bonds. The molecular weight excluding hydrogens is 385 g/mol. The Morgan fingerprint density at radius 3 is 2.36 bits per heavy atom. The fourth-order valence-corrected chi connectivity index (χ4v) is 4.07. The van der Waals surface area contributed by atoms with E-state index >= 15 is 0 Å². The third-order valence-corrected chi connectivity index (χ3v) is 5.68. The lowest BCUT2D eigenvalue weighted by Crippen LogP contribution is -2.43. The average molecular weight is 413 g/mol. The van der Waals surface area contributed by atoms with E-state index in [-0.39, 0.29) is 6.61 Å². The van der Waals surface area contributed by atoms with E-state index in [4.69, 9.17) is 11.5 Å². The monoisotopic (exact) mass is 412 g/mol. The zero-order chi connectivity index (χ0) is 20.8. The van der Waals surface area contributed by atoms with Gasteiger partial charge in [0.25, 0.3) is 0 Å². The predicted octanol–water partition coefficient (Wildman–Crippen LogP) is 5.25. The van der Waals surface area contributed by atoms with E-state index in [9.17, 15) is 18.3 Å². The summed E-state index contributed by atoms with van der Waals surface area (Å²) in [5.41, 5.74) is 12.7. The molecule has 2 rings (SSSR count). The summed E-state index contributed by atoms with van der Waals surface area (Å²) in [6, 6.07) is 10.8. The highest BCUT2D eigenvalue weighted by atomic mass is 32.2. The van der Waals surface area contributed by atoms with Gasteiger partial charge < -0.3 is 16.6 Å². The topological polar surface area (TPSA) is 72.3 Å². The number of nitrogen functional groups attached to an aromatic ring is 1. The van der Waals surface area contributed by atoms with Gasteiger partial charge in [0.2, 0.25) is 0 Å². The number of halogens is 3. The van der Waals surface area contributed by atoms with Crippen LogP contribution in [0.15, 0.2) is 52.3 Å². The molecule has 0 spiro atoms. The summed E-state index contributed by atoms with van der Waals surface area (Å²) < 4.78 is 38.5. The highest BCUT2D eigenvalue weighted by molar-refractivity contribution is 7.99. The van der Waals surface area contributed by atoms with Crippen molar-refractivity contribution >= 4 is 17.4 Å². The SMILES string of the molecule is CCC[C@](N)(CO)CCCc1ccc(Sc2cccc(C(F)(F)F)c2)cc1N. The zero-order valence-corrected chi connectivity index (χ0v) is 16.7. The van der Waals surface area contributed by atoms with Gasteiger partial charge in [0.1, 0.15) is 0 Å². The number of hydrogen-bond acceptors (Lipinski definition) is 4. The predicted molar refractivity (Wildman–Crippen MR) is 108 cm³/mol. The van der Waals surface area contributed by atoms with Crippen molar-refractivity contribution in [1.82, 2.24) is 0 Å². The van der Waals surface area contributed by atoms with Gasteiger partial charge in [0.15, 0.2) is 0 Å². The largest absolute Gasteiger partial charge is 0.416 e. The standard InChI is InChI=1S/C21H27F3N2OS/c1-2-10-20(26,14-27)11-4-5-15-8-9-18(13-19(15)25)28-17-7-3-6-16(12-17)21(22,23)24/h3,6-9,12-13,27H,2,4-5,10-11,14,25-26H2,1H3/t20-/m1/s1. The zero-order valence-electron chi connectivity index (χ0n) is 15.9. The van der Waals surface area contributed by atoms with Crippen molar-refractivity contribution in [1.29, 1.82) is 0 Å². The third-order valence-electron chi connectivity index (χ3n) is 4.70. The second-order valence-corrected chi connectivity index (χ2v) is 8.26. The van der Waals surface area contributed by atoms with Crippen LogP contribution >= 0.6 is 11.8 Å².